The quantitative estimate of drug-likeness (QED) is 0.767. The molecule has 2 aliphatic heterocycles. The second kappa shape index (κ2) is 6.81. The van der Waals surface area contributed by atoms with Crippen LogP contribution in [0.5, 0.6) is 11.5 Å². The molecular weight excluding hydrogens is 356 g/mol. The smallest absolute Gasteiger partial charge is 0.469 e. The summed E-state index contributed by atoms with van der Waals surface area (Å²) in [6, 6.07) is 14.7. The predicted molar refractivity (Wildman–Crippen MR) is 92.6 cm³/mol. The number of ether oxygens (including phenoxy) is 3. The molecule has 0 aromatic heterocycles. The summed E-state index contributed by atoms with van der Waals surface area (Å²) in [7, 11) is 1.34. The Morgan fingerprint density at radius 3 is 2.67 bits per heavy atom. The van der Waals surface area contributed by atoms with Gasteiger partial charge in [0.1, 0.15) is 0 Å². The van der Waals surface area contributed by atoms with Crippen molar-refractivity contribution in [2.24, 2.45) is 5.92 Å². The Morgan fingerprint density at radius 1 is 1.15 bits per heavy atom. The highest BCUT2D eigenvalue weighted by atomic mass is 19.3. The molecule has 2 atom stereocenters. The molecule has 0 spiro atoms. The zero-order valence-electron chi connectivity index (χ0n) is 14.7. The number of carbonyl (C=O) groups is 1. The van der Waals surface area contributed by atoms with Crippen LogP contribution in [0.1, 0.15) is 17.0 Å². The molecule has 1 fully saturated rings. The summed E-state index contributed by atoms with van der Waals surface area (Å²) >= 11 is 0. The number of hydrogen-bond donors (Lipinski definition) is 0. The number of hydrogen-bond acceptors (Lipinski definition) is 5. The van der Waals surface area contributed by atoms with Crippen LogP contribution in [-0.4, -0.2) is 37.4 Å². The first-order valence-corrected chi connectivity index (χ1v) is 8.70. The van der Waals surface area contributed by atoms with Crippen LogP contribution in [0.4, 0.5) is 8.78 Å². The number of carbonyl (C=O) groups excluding carboxylic acids is 1. The molecule has 0 bridgehead atoms. The molecule has 1 saturated heterocycles. The number of likely N-dealkylation sites (tertiary alicyclic amines) is 1. The van der Waals surface area contributed by atoms with Crippen molar-refractivity contribution in [2.45, 2.75) is 18.8 Å². The molecule has 142 valence electrons. The summed E-state index contributed by atoms with van der Waals surface area (Å²) < 4.78 is 41.3. The van der Waals surface area contributed by atoms with E-state index in [1.165, 1.54) is 13.2 Å². The van der Waals surface area contributed by atoms with E-state index in [1.54, 1.807) is 12.1 Å². The first-order chi connectivity index (χ1) is 13.0. The molecule has 0 saturated carbocycles. The standard InChI is InChI=1S/C20H19F2NO4/c1-25-19(24)16-12-23(10-13-6-3-2-4-7-13)11-15(16)14-8-5-9-17-18(14)27-20(21,22)26-17/h2-9,15-16H,10-12H2,1H3. The predicted octanol–water partition coefficient (Wildman–Crippen LogP) is 3.40. The summed E-state index contributed by atoms with van der Waals surface area (Å²) in [5.74, 6) is -1.17. The number of rotatable bonds is 4. The van der Waals surface area contributed by atoms with Crippen molar-refractivity contribution in [1.82, 2.24) is 4.90 Å². The Kier molecular flexibility index (Phi) is 4.47. The molecule has 5 nitrogen and oxygen atoms in total. The molecule has 2 aromatic carbocycles. The molecule has 7 heteroatoms. The van der Waals surface area contributed by atoms with E-state index in [2.05, 4.69) is 9.64 Å². The second-order valence-corrected chi connectivity index (χ2v) is 6.76. The molecule has 0 aliphatic carbocycles. The van der Waals surface area contributed by atoms with Gasteiger partial charge in [-0.25, -0.2) is 0 Å². The minimum atomic E-state index is -3.69. The molecule has 0 N–H and O–H groups in total. The maximum atomic E-state index is 13.5. The number of para-hydroxylation sites is 1. The molecule has 2 heterocycles. The SMILES string of the molecule is COC(=O)C1CN(Cc2ccccc2)CC1c1cccc2c1OC(F)(F)O2. The second-order valence-electron chi connectivity index (χ2n) is 6.76. The van der Waals surface area contributed by atoms with Crippen LogP contribution in [0, 0.1) is 5.92 Å². The fourth-order valence-corrected chi connectivity index (χ4v) is 3.84. The van der Waals surface area contributed by atoms with E-state index in [0.29, 0.717) is 25.2 Å². The number of alkyl halides is 2. The molecule has 0 radical (unpaired) electrons. The van der Waals surface area contributed by atoms with E-state index in [-0.39, 0.29) is 23.4 Å². The fourth-order valence-electron chi connectivity index (χ4n) is 3.84. The first-order valence-electron chi connectivity index (χ1n) is 8.70. The lowest BCUT2D eigenvalue weighted by molar-refractivity contribution is -0.287. The number of methoxy groups -OCH3 is 1. The average molecular weight is 375 g/mol. The van der Waals surface area contributed by atoms with E-state index in [9.17, 15) is 13.6 Å². The van der Waals surface area contributed by atoms with Crippen molar-refractivity contribution in [3.8, 4) is 11.5 Å². The van der Waals surface area contributed by atoms with Gasteiger partial charge in [0, 0.05) is 31.1 Å². The minimum Gasteiger partial charge on any atom is -0.469 e. The summed E-state index contributed by atoms with van der Waals surface area (Å²) in [4.78, 5) is 14.5. The molecule has 27 heavy (non-hydrogen) atoms. The Bertz CT molecular complexity index is 843. The number of esters is 1. The van der Waals surface area contributed by atoms with E-state index in [0.717, 1.165) is 5.56 Å². The Labute approximate surface area is 155 Å². The summed E-state index contributed by atoms with van der Waals surface area (Å²) in [6.07, 6.45) is -3.69. The third-order valence-corrected chi connectivity index (χ3v) is 5.01. The first kappa shape index (κ1) is 17.7. The maximum absolute atomic E-state index is 13.5. The van der Waals surface area contributed by atoms with Gasteiger partial charge < -0.3 is 14.2 Å². The van der Waals surface area contributed by atoms with Crippen molar-refractivity contribution >= 4 is 5.97 Å². The lowest BCUT2D eigenvalue weighted by atomic mass is 9.88. The van der Waals surface area contributed by atoms with E-state index >= 15 is 0 Å². The van der Waals surface area contributed by atoms with Crippen LogP contribution in [0.2, 0.25) is 0 Å². The summed E-state index contributed by atoms with van der Waals surface area (Å²) in [5.41, 5.74) is 1.65. The van der Waals surface area contributed by atoms with Gasteiger partial charge in [-0.3, -0.25) is 9.69 Å². The van der Waals surface area contributed by atoms with Crippen molar-refractivity contribution < 1.29 is 27.8 Å². The maximum Gasteiger partial charge on any atom is 0.586 e. The van der Waals surface area contributed by atoms with Gasteiger partial charge in [0.25, 0.3) is 0 Å². The van der Waals surface area contributed by atoms with Gasteiger partial charge in [-0.2, -0.15) is 0 Å². The molecule has 2 aromatic rings. The molecule has 4 rings (SSSR count). The third-order valence-electron chi connectivity index (χ3n) is 5.01. The number of fused-ring (bicyclic) bond motifs is 1. The van der Waals surface area contributed by atoms with Gasteiger partial charge in [0.15, 0.2) is 11.5 Å². The van der Waals surface area contributed by atoms with Crippen molar-refractivity contribution in [1.29, 1.82) is 0 Å². The molecule has 2 aliphatic rings. The lowest BCUT2D eigenvalue weighted by Gasteiger charge is -2.18. The van der Waals surface area contributed by atoms with Crippen molar-refractivity contribution in [3.63, 3.8) is 0 Å². The molecular formula is C20H19F2NO4. The molecule has 0 amide bonds. The van der Waals surface area contributed by atoms with E-state index in [4.69, 9.17) is 9.47 Å². The van der Waals surface area contributed by atoms with Gasteiger partial charge >= 0.3 is 12.3 Å². The zero-order valence-corrected chi connectivity index (χ0v) is 14.7. The fraction of sp³-hybridized carbons (Fsp3) is 0.350. The van der Waals surface area contributed by atoms with Gasteiger partial charge in [-0.05, 0) is 11.6 Å². The van der Waals surface area contributed by atoms with Crippen LogP contribution >= 0.6 is 0 Å². The van der Waals surface area contributed by atoms with Gasteiger partial charge in [-0.15, -0.1) is 8.78 Å². The average Bonchev–Trinajstić information content (AvgIpc) is 3.20. The molecule has 2 unspecified atom stereocenters. The largest absolute Gasteiger partial charge is 0.586 e. The van der Waals surface area contributed by atoms with Crippen LogP contribution in [0.15, 0.2) is 48.5 Å². The lowest BCUT2D eigenvalue weighted by Crippen LogP contribution is -2.26. The van der Waals surface area contributed by atoms with Crippen molar-refractivity contribution in [2.75, 3.05) is 20.2 Å². The minimum absolute atomic E-state index is 0.00274. The third kappa shape index (κ3) is 3.47. The Balaban J connectivity index is 1.63. The number of benzene rings is 2. The van der Waals surface area contributed by atoms with Crippen LogP contribution < -0.4 is 9.47 Å². The van der Waals surface area contributed by atoms with E-state index in [1.807, 2.05) is 30.3 Å². The van der Waals surface area contributed by atoms with Gasteiger partial charge in [0.2, 0.25) is 0 Å². The van der Waals surface area contributed by atoms with Gasteiger partial charge in [0.05, 0.1) is 13.0 Å². The highest BCUT2D eigenvalue weighted by Gasteiger charge is 2.47. The summed E-state index contributed by atoms with van der Waals surface area (Å²) in [6.45, 7) is 1.67. The highest BCUT2D eigenvalue weighted by Crippen LogP contribution is 2.48. The summed E-state index contributed by atoms with van der Waals surface area (Å²) in [5, 5.41) is 0. The van der Waals surface area contributed by atoms with Crippen LogP contribution in [0.25, 0.3) is 0 Å². The highest BCUT2D eigenvalue weighted by molar-refractivity contribution is 5.75. The zero-order chi connectivity index (χ0) is 19.0. The van der Waals surface area contributed by atoms with Crippen LogP contribution in [-0.2, 0) is 16.1 Å². The van der Waals surface area contributed by atoms with Crippen molar-refractivity contribution in [3.05, 3.63) is 59.7 Å². The van der Waals surface area contributed by atoms with Crippen LogP contribution in [0.3, 0.4) is 0 Å². The normalized spacial score (nSPS) is 23.4. The number of nitrogens with zero attached hydrogens (tertiary/aromatic N) is 1. The topological polar surface area (TPSA) is 48.0 Å². The monoisotopic (exact) mass is 375 g/mol. The Morgan fingerprint density at radius 2 is 1.93 bits per heavy atom. The van der Waals surface area contributed by atoms with E-state index < -0.39 is 12.2 Å². The number of halogens is 2. The Hall–Kier alpha value is -2.67. The van der Waals surface area contributed by atoms with Gasteiger partial charge in [-0.1, -0.05) is 42.5 Å².